The van der Waals surface area contributed by atoms with Crippen molar-refractivity contribution in [1.29, 1.82) is 0 Å². The van der Waals surface area contributed by atoms with Crippen LogP contribution in [-0.4, -0.2) is 49.8 Å². The van der Waals surface area contributed by atoms with Crippen molar-refractivity contribution in [1.82, 2.24) is 4.90 Å². The van der Waals surface area contributed by atoms with E-state index in [9.17, 15) is 4.79 Å². The van der Waals surface area contributed by atoms with Crippen molar-refractivity contribution in [3.8, 4) is 11.5 Å². The minimum Gasteiger partial charge on any atom is -0.497 e. The van der Waals surface area contributed by atoms with Crippen LogP contribution in [0.5, 0.6) is 11.5 Å². The topological polar surface area (TPSA) is 59.0 Å². The number of methoxy groups -OCH3 is 2. The Labute approximate surface area is 125 Å². The molecule has 116 valence electrons. The van der Waals surface area contributed by atoms with Gasteiger partial charge in [0.05, 0.1) is 20.1 Å². The van der Waals surface area contributed by atoms with Crippen LogP contribution >= 0.6 is 0 Å². The summed E-state index contributed by atoms with van der Waals surface area (Å²) >= 11 is 0. The van der Waals surface area contributed by atoms with E-state index in [0.717, 1.165) is 49.4 Å². The highest BCUT2D eigenvalue weighted by Crippen LogP contribution is 2.25. The second-order valence-corrected chi connectivity index (χ2v) is 5.41. The van der Waals surface area contributed by atoms with E-state index < -0.39 is 5.97 Å². The number of aliphatic carboxylic acids is 1. The monoisotopic (exact) mass is 293 g/mol. The van der Waals surface area contributed by atoms with Crippen LogP contribution in [0.4, 0.5) is 0 Å². The van der Waals surface area contributed by atoms with Gasteiger partial charge in [-0.05, 0) is 37.4 Å². The van der Waals surface area contributed by atoms with Crippen LogP contribution in [0.3, 0.4) is 0 Å². The number of ether oxygens (including phenoxy) is 2. The lowest BCUT2D eigenvalue weighted by atomic mass is 9.98. The molecule has 0 bridgehead atoms. The molecule has 5 heteroatoms. The summed E-state index contributed by atoms with van der Waals surface area (Å²) in [5.41, 5.74) is 1.12. The first-order valence-electron chi connectivity index (χ1n) is 7.30. The lowest BCUT2D eigenvalue weighted by Crippen LogP contribution is -2.39. The number of hydrogen-bond acceptors (Lipinski definition) is 4. The molecule has 2 rings (SSSR count). The highest BCUT2D eigenvalue weighted by Gasteiger charge is 2.25. The summed E-state index contributed by atoms with van der Waals surface area (Å²) in [5.74, 6) is 0.693. The Bertz CT molecular complexity index is 489. The van der Waals surface area contributed by atoms with Gasteiger partial charge < -0.3 is 19.5 Å². The van der Waals surface area contributed by atoms with Crippen molar-refractivity contribution in [2.75, 3.05) is 33.9 Å². The number of nitrogens with zero attached hydrogens (tertiary/aromatic N) is 1. The summed E-state index contributed by atoms with van der Waals surface area (Å²) < 4.78 is 10.6. The lowest BCUT2D eigenvalue weighted by Gasteiger charge is -2.30. The normalized spacial score (nSPS) is 19.2. The van der Waals surface area contributed by atoms with Crippen LogP contribution in [0.2, 0.25) is 0 Å². The van der Waals surface area contributed by atoms with E-state index in [2.05, 4.69) is 4.90 Å². The van der Waals surface area contributed by atoms with Crippen LogP contribution in [-0.2, 0) is 11.2 Å². The molecular formula is C16H23NO4. The number of carboxylic acids is 1. The molecule has 0 radical (unpaired) electrons. The molecule has 0 saturated carbocycles. The van der Waals surface area contributed by atoms with Gasteiger partial charge in [-0.1, -0.05) is 6.07 Å². The van der Waals surface area contributed by atoms with Crippen LogP contribution in [0.25, 0.3) is 0 Å². The minimum absolute atomic E-state index is 0.225. The summed E-state index contributed by atoms with van der Waals surface area (Å²) in [5, 5.41) is 9.12. The maximum Gasteiger partial charge on any atom is 0.307 e. The molecule has 1 atom stereocenters. The third-order valence-corrected chi connectivity index (χ3v) is 4.05. The fourth-order valence-corrected chi connectivity index (χ4v) is 2.80. The molecule has 1 aromatic carbocycles. The highest BCUT2D eigenvalue weighted by atomic mass is 16.5. The maximum atomic E-state index is 11.1. The van der Waals surface area contributed by atoms with Gasteiger partial charge in [0, 0.05) is 19.2 Å². The fraction of sp³-hybridized carbons (Fsp3) is 0.562. The average molecular weight is 293 g/mol. The number of benzene rings is 1. The van der Waals surface area contributed by atoms with Gasteiger partial charge in [0.25, 0.3) is 0 Å². The average Bonchev–Trinajstić information content (AvgIpc) is 2.53. The molecule has 5 nitrogen and oxygen atoms in total. The smallest absolute Gasteiger partial charge is 0.307 e. The third kappa shape index (κ3) is 4.11. The zero-order chi connectivity index (χ0) is 15.2. The summed E-state index contributed by atoms with van der Waals surface area (Å²) in [6, 6.07) is 5.82. The molecule has 1 aliphatic heterocycles. The van der Waals surface area contributed by atoms with E-state index in [-0.39, 0.29) is 5.92 Å². The summed E-state index contributed by atoms with van der Waals surface area (Å²) in [7, 11) is 3.29. The number of hydrogen-bond donors (Lipinski definition) is 1. The Balaban J connectivity index is 1.94. The van der Waals surface area contributed by atoms with Gasteiger partial charge in [-0.2, -0.15) is 0 Å². The molecule has 0 aliphatic carbocycles. The first-order chi connectivity index (χ1) is 10.1. The van der Waals surface area contributed by atoms with E-state index in [0.29, 0.717) is 6.54 Å². The van der Waals surface area contributed by atoms with Crippen molar-refractivity contribution in [2.24, 2.45) is 5.92 Å². The Morgan fingerprint density at radius 2 is 2.19 bits per heavy atom. The van der Waals surface area contributed by atoms with Gasteiger partial charge in [-0.25, -0.2) is 0 Å². The SMILES string of the molecule is COc1ccc(CCN2CCCC(C(=O)O)C2)c(OC)c1. The molecule has 1 heterocycles. The number of rotatable bonds is 6. The zero-order valence-corrected chi connectivity index (χ0v) is 12.7. The molecular weight excluding hydrogens is 270 g/mol. The molecule has 1 aliphatic rings. The van der Waals surface area contributed by atoms with E-state index >= 15 is 0 Å². The number of likely N-dealkylation sites (tertiary alicyclic amines) is 1. The van der Waals surface area contributed by atoms with Crippen LogP contribution < -0.4 is 9.47 Å². The second kappa shape index (κ2) is 7.31. The van der Waals surface area contributed by atoms with E-state index in [4.69, 9.17) is 14.6 Å². The second-order valence-electron chi connectivity index (χ2n) is 5.41. The van der Waals surface area contributed by atoms with Crippen LogP contribution in [0, 0.1) is 5.92 Å². The summed E-state index contributed by atoms with van der Waals surface area (Å²) in [4.78, 5) is 13.3. The number of carboxylic acid groups (broad SMARTS) is 1. The Morgan fingerprint density at radius 1 is 1.38 bits per heavy atom. The third-order valence-electron chi connectivity index (χ3n) is 4.05. The molecule has 0 spiro atoms. The van der Waals surface area contributed by atoms with E-state index in [1.165, 1.54) is 0 Å². The van der Waals surface area contributed by atoms with Crippen molar-refractivity contribution in [3.63, 3.8) is 0 Å². The standard InChI is InChI=1S/C16H23NO4/c1-20-14-6-5-12(15(10-14)21-2)7-9-17-8-3-4-13(11-17)16(18)19/h5-6,10,13H,3-4,7-9,11H2,1-2H3,(H,18,19). The Hall–Kier alpha value is -1.75. The van der Waals surface area contributed by atoms with Crippen LogP contribution in [0.1, 0.15) is 18.4 Å². The molecule has 0 amide bonds. The van der Waals surface area contributed by atoms with Gasteiger partial charge in [0.15, 0.2) is 0 Å². The Kier molecular flexibility index (Phi) is 5.44. The predicted octanol–water partition coefficient (Wildman–Crippen LogP) is 2.04. The predicted molar refractivity (Wildman–Crippen MR) is 80.0 cm³/mol. The van der Waals surface area contributed by atoms with Crippen LogP contribution in [0.15, 0.2) is 18.2 Å². The van der Waals surface area contributed by atoms with Crippen molar-refractivity contribution in [3.05, 3.63) is 23.8 Å². The quantitative estimate of drug-likeness (QED) is 0.870. The van der Waals surface area contributed by atoms with Gasteiger partial charge in [-0.15, -0.1) is 0 Å². The number of piperidine rings is 1. The molecule has 1 aromatic rings. The molecule has 0 aromatic heterocycles. The van der Waals surface area contributed by atoms with Crippen molar-refractivity contribution < 1.29 is 19.4 Å². The van der Waals surface area contributed by atoms with Gasteiger partial charge in [-0.3, -0.25) is 4.79 Å². The molecule has 1 saturated heterocycles. The summed E-state index contributed by atoms with van der Waals surface area (Å²) in [6.45, 7) is 2.47. The molecule has 21 heavy (non-hydrogen) atoms. The van der Waals surface area contributed by atoms with Crippen molar-refractivity contribution in [2.45, 2.75) is 19.3 Å². The van der Waals surface area contributed by atoms with E-state index in [1.54, 1.807) is 14.2 Å². The fourth-order valence-electron chi connectivity index (χ4n) is 2.80. The molecule has 1 unspecified atom stereocenters. The largest absolute Gasteiger partial charge is 0.497 e. The van der Waals surface area contributed by atoms with E-state index in [1.807, 2.05) is 18.2 Å². The minimum atomic E-state index is -0.679. The number of carbonyl (C=O) groups is 1. The summed E-state index contributed by atoms with van der Waals surface area (Å²) in [6.07, 6.45) is 2.59. The van der Waals surface area contributed by atoms with Gasteiger partial charge in [0.2, 0.25) is 0 Å². The first kappa shape index (κ1) is 15.6. The van der Waals surface area contributed by atoms with Crippen molar-refractivity contribution >= 4 is 5.97 Å². The Morgan fingerprint density at radius 3 is 2.86 bits per heavy atom. The highest BCUT2D eigenvalue weighted by molar-refractivity contribution is 5.70. The first-order valence-corrected chi connectivity index (χ1v) is 7.30. The maximum absolute atomic E-state index is 11.1. The van der Waals surface area contributed by atoms with Gasteiger partial charge >= 0.3 is 5.97 Å². The zero-order valence-electron chi connectivity index (χ0n) is 12.7. The van der Waals surface area contributed by atoms with Gasteiger partial charge in [0.1, 0.15) is 11.5 Å². The lowest BCUT2D eigenvalue weighted by molar-refractivity contribution is -0.143. The molecule has 1 fully saturated rings. The molecule has 1 N–H and O–H groups in total.